The Labute approximate surface area is 111 Å². The average molecular weight is 253 g/mol. The van der Waals surface area contributed by atoms with Crippen LogP contribution in [0.5, 0.6) is 0 Å². The zero-order valence-corrected chi connectivity index (χ0v) is 10.9. The average Bonchev–Trinajstić information content (AvgIpc) is 2.82. The van der Waals surface area contributed by atoms with E-state index in [0.717, 1.165) is 22.2 Å². The van der Waals surface area contributed by atoms with Crippen LogP contribution in [-0.2, 0) is 5.60 Å². The van der Waals surface area contributed by atoms with Crippen molar-refractivity contribution >= 4 is 10.9 Å². The van der Waals surface area contributed by atoms with E-state index >= 15 is 0 Å². The third kappa shape index (κ3) is 2.11. The van der Waals surface area contributed by atoms with E-state index in [1.807, 2.05) is 36.4 Å². The fourth-order valence-corrected chi connectivity index (χ4v) is 2.10. The lowest BCUT2D eigenvalue weighted by Gasteiger charge is -2.16. The fourth-order valence-electron chi connectivity index (χ4n) is 2.10. The fraction of sp³-hybridized carbons (Fsp3) is 0.200. The number of hydrogen-bond donors (Lipinski definition) is 2. The van der Waals surface area contributed by atoms with Crippen LogP contribution in [0.2, 0.25) is 0 Å². The van der Waals surface area contributed by atoms with Crippen molar-refractivity contribution in [3.63, 3.8) is 0 Å². The number of aliphatic hydroxyl groups is 1. The molecule has 0 spiro atoms. The number of pyridine rings is 1. The Morgan fingerprint density at radius 3 is 2.74 bits per heavy atom. The van der Waals surface area contributed by atoms with Gasteiger partial charge >= 0.3 is 0 Å². The van der Waals surface area contributed by atoms with Crippen LogP contribution in [0, 0.1) is 0 Å². The zero-order chi connectivity index (χ0) is 13.5. The summed E-state index contributed by atoms with van der Waals surface area (Å²) in [6, 6.07) is 11.8. The van der Waals surface area contributed by atoms with Crippen molar-refractivity contribution in [2.24, 2.45) is 0 Å². The molecule has 0 atom stereocenters. The van der Waals surface area contributed by atoms with Crippen LogP contribution in [0.1, 0.15) is 19.5 Å². The van der Waals surface area contributed by atoms with Crippen molar-refractivity contribution in [1.29, 1.82) is 0 Å². The number of fused-ring (bicyclic) bond motifs is 1. The van der Waals surface area contributed by atoms with Crippen molar-refractivity contribution in [3.8, 4) is 11.3 Å². The monoisotopic (exact) mass is 253 g/mol. The van der Waals surface area contributed by atoms with Gasteiger partial charge in [0, 0.05) is 17.1 Å². The lowest BCUT2D eigenvalue weighted by molar-refractivity contribution is 0.0739. The molecule has 0 bridgehead atoms. The first-order valence-corrected chi connectivity index (χ1v) is 6.18. The molecule has 4 heteroatoms. The quantitative estimate of drug-likeness (QED) is 0.738. The van der Waals surface area contributed by atoms with Gasteiger partial charge in [-0.1, -0.05) is 18.2 Å². The largest absolute Gasteiger partial charge is 0.384 e. The molecule has 0 radical (unpaired) electrons. The van der Waals surface area contributed by atoms with E-state index in [4.69, 9.17) is 0 Å². The molecule has 4 nitrogen and oxygen atoms in total. The van der Waals surface area contributed by atoms with Gasteiger partial charge in [0.25, 0.3) is 0 Å². The number of hydrogen-bond acceptors (Lipinski definition) is 3. The van der Waals surface area contributed by atoms with E-state index in [2.05, 4.69) is 15.2 Å². The third-order valence-electron chi connectivity index (χ3n) is 3.13. The highest BCUT2D eigenvalue weighted by molar-refractivity contribution is 5.92. The van der Waals surface area contributed by atoms with Crippen LogP contribution < -0.4 is 0 Å². The molecule has 0 unspecified atom stereocenters. The number of H-pyrrole nitrogens is 1. The minimum atomic E-state index is -0.956. The summed E-state index contributed by atoms with van der Waals surface area (Å²) in [6.45, 7) is 3.45. The molecular weight excluding hydrogens is 238 g/mol. The standard InChI is InChI=1S/C15H15N3O/c1-15(2,19)13-9-10(7-8-16-13)14-11-5-3-4-6-12(11)17-18-14/h3-9,19H,1-2H3,(H,17,18). The first-order chi connectivity index (χ1) is 9.05. The highest BCUT2D eigenvalue weighted by Crippen LogP contribution is 2.28. The van der Waals surface area contributed by atoms with Crippen molar-refractivity contribution in [1.82, 2.24) is 15.2 Å². The van der Waals surface area contributed by atoms with Gasteiger partial charge in [-0.3, -0.25) is 10.1 Å². The van der Waals surface area contributed by atoms with Gasteiger partial charge in [0.15, 0.2) is 0 Å². The molecule has 1 aromatic carbocycles. The first-order valence-electron chi connectivity index (χ1n) is 6.18. The van der Waals surface area contributed by atoms with Gasteiger partial charge in [0.2, 0.25) is 0 Å². The molecule has 0 saturated carbocycles. The SMILES string of the molecule is CC(C)(O)c1cc(-c2n[nH]c3ccccc23)ccn1. The Kier molecular flexibility index (Phi) is 2.61. The van der Waals surface area contributed by atoms with Crippen LogP contribution in [0.25, 0.3) is 22.2 Å². The second kappa shape index (κ2) is 4.17. The maximum Gasteiger partial charge on any atom is 0.101 e. The number of nitrogens with zero attached hydrogens (tertiary/aromatic N) is 2. The van der Waals surface area contributed by atoms with Crippen LogP contribution in [0.4, 0.5) is 0 Å². The molecular formula is C15H15N3O. The zero-order valence-electron chi connectivity index (χ0n) is 10.9. The normalized spacial score (nSPS) is 11.9. The highest BCUT2D eigenvalue weighted by atomic mass is 16.3. The smallest absolute Gasteiger partial charge is 0.101 e. The summed E-state index contributed by atoms with van der Waals surface area (Å²) in [5.41, 5.74) is 2.51. The lowest BCUT2D eigenvalue weighted by Crippen LogP contribution is -2.17. The van der Waals surface area contributed by atoms with Gasteiger partial charge in [-0.2, -0.15) is 5.10 Å². The predicted molar refractivity (Wildman–Crippen MR) is 74.6 cm³/mol. The Hall–Kier alpha value is -2.20. The van der Waals surface area contributed by atoms with E-state index in [1.54, 1.807) is 20.0 Å². The molecule has 3 aromatic rings. The van der Waals surface area contributed by atoms with Gasteiger partial charge in [-0.25, -0.2) is 0 Å². The number of rotatable bonds is 2. The lowest BCUT2D eigenvalue weighted by atomic mass is 10.0. The summed E-state index contributed by atoms with van der Waals surface area (Å²) in [6.07, 6.45) is 1.70. The summed E-state index contributed by atoms with van der Waals surface area (Å²) < 4.78 is 0. The van der Waals surface area contributed by atoms with E-state index in [-0.39, 0.29) is 0 Å². The van der Waals surface area contributed by atoms with Gasteiger partial charge in [0.1, 0.15) is 11.3 Å². The molecule has 2 aromatic heterocycles. The predicted octanol–water partition coefficient (Wildman–Crippen LogP) is 2.85. The second-order valence-electron chi connectivity index (χ2n) is 5.11. The Bertz CT molecular complexity index is 725. The molecule has 0 amide bonds. The van der Waals surface area contributed by atoms with Gasteiger partial charge in [-0.05, 0) is 32.0 Å². The molecule has 2 N–H and O–H groups in total. The molecule has 0 saturated heterocycles. The molecule has 0 aliphatic rings. The minimum Gasteiger partial charge on any atom is -0.384 e. The van der Waals surface area contributed by atoms with E-state index < -0.39 is 5.60 Å². The topological polar surface area (TPSA) is 61.8 Å². The second-order valence-corrected chi connectivity index (χ2v) is 5.11. The van der Waals surface area contributed by atoms with E-state index in [1.165, 1.54) is 0 Å². The maximum atomic E-state index is 10.0. The van der Waals surface area contributed by atoms with Gasteiger partial charge < -0.3 is 5.11 Å². The summed E-state index contributed by atoms with van der Waals surface area (Å²) >= 11 is 0. The Morgan fingerprint density at radius 2 is 1.95 bits per heavy atom. The van der Waals surface area contributed by atoms with Crippen molar-refractivity contribution < 1.29 is 5.11 Å². The number of aromatic nitrogens is 3. The Balaban J connectivity index is 2.17. The summed E-state index contributed by atoms with van der Waals surface area (Å²) in [5, 5.41) is 18.5. The first kappa shape index (κ1) is 11.9. The van der Waals surface area contributed by atoms with E-state index in [0.29, 0.717) is 5.69 Å². The van der Waals surface area contributed by atoms with Gasteiger partial charge in [0.05, 0.1) is 11.2 Å². The molecule has 0 aliphatic carbocycles. The number of aromatic amines is 1. The highest BCUT2D eigenvalue weighted by Gasteiger charge is 2.19. The van der Waals surface area contributed by atoms with Crippen molar-refractivity contribution in [2.75, 3.05) is 0 Å². The molecule has 0 aliphatic heterocycles. The summed E-state index contributed by atoms with van der Waals surface area (Å²) in [5.74, 6) is 0. The van der Waals surface area contributed by atoms with Crippen LogP contribution in [-0.4, -0.2) is 20.3 Å². The van der Waals surface area contributed by atoms with Crippen molar-refractivity contribution in [2.45, 2.75) is 19.4 Å². The maximum absolute atomic E-state index is 10.0. The number of nitrogens with one attached hydrogen (secondary N) is 1. The summed E-state index contributed by atoms with van der Waals surface area (Å²) in [7, 11) is 0. The third-order valence-corrected chi connectivity index (χ3v) is 3.13. The molecule has 3 rings (SSSR count). The van der Waals surface area contributed by atoms with Gasteiger partial charge in [-0.15, -0.1) is 0 Å². The van der Waals surface area contributed by atoms with Crippen LogP contribution in [0.3, 0.4) is 0 Å². The molecule has 19 heavy (non-hydrogen) atoms. The number of benzene rings is 1. The minimum absolute atomic E-state index is 0.636. The Morgan fingerprint density at radius 1 is 1.16 bits per heavy atom. The summed E-state index contributed by atoms with van der Waals surface area (Å²) in [4.78, 5) is 4.21. The van der Waals surface area contributed by atoms with E-state index in [9.17, 15) is 5.11 Å². The van der Waals surface area contributed by atoms with Crippen molar-refractivity contribution in [3.05, 3.63) is 48.3 Å². The number of para-hydroxylation sites is 1. The molecule has 96 valence electrons. The van der Waals surface area contributed by atoms with Crippen LogP contribution >= 0.6 is 0 Å². The molecule has 0 fully saturated rings. The van der Waals surface area contributed by atoms with Crippen LogP contribution in [0.15, 0.2) is 42.6 Å². The molecule has 2 heterocycles.